The normalized spacial score (nSPS) is 10.2. The fourth-order valence-electron chi connectivity index (χ4n) is 0.675. The second kappa shape index (κ2) is 2.92. The van der Waals surface area contributed by atoms with Crippen LogP contribution in [0.1, 0.15) is 5.56 Å². The molecule has 46 valence electrons. The molecular weight excluding hydrogens is 110 g/mol. The Morgan fingerprint density at radius 2 is 1.78 bits per heavy atom. The molecule has 1 heteroatoms. The molecule has 0 radical (unpaired) electrons. The standard InChI is InChI=1S/C8H9N/c9-7-6-8-4-2-1-3-5-8/h1-7H,9H2/b7-6-. The van der Waals surface area contributed by atoms with Gasteiger partial charge in [0.15, 0.2) is 0 Å². The van der Waals surface area contributed by atoms with Crippen LogP contribution in [0.5, 0.6) is 0 Å². The van der Waals surface area contributed by atoms with E-state index < -0.39 is 0 Å². The summed E-state index contributed by atoms with van der Waals surface area (Å²) in [5.74, 6) is 0. The molecule has 0 fully saturated rings. The number of benzene rings is 1. The van der Waals surface area contributed by atoms with Crippen LogP contribution in [0.2, 0.25) is 0 Å². The summed E-state index contributed by atoms with van der Waals surface area (Å²) in [7, 11) is 0. The molecule has 0 aliphatic heterocycles. The molecule has 1 aromatic carbocycles. The molecule has 0 aliphatic carbocycles. The van der Waals surface area contributed by atoms with E-state index in [2.05, 4.69) is 0 Å². The highest BCUT2D eigenvalue weighted by molar-refractivity contribution is 5.47. The fraction of sp³-hybridized carbons (Fsp3) is 0. The van der Waals surface area contributed by atoms with Gasteiger partial charge >= 0.3 is 0 Å². The topological polar surface area (TPSA) is 26.0 Å². The summed E-state index contributed by atoms with van der Waals surface area (Å²) < 4.78 is 0. The largest absolute Gasteiger partial charge is 0.405 e. The lowest BCUT2D eigenvalue weighted by Gasteiger charge is -1.86. The zero-order valence-corrected chi connectivity index (χ0v) is 5.12. The third kappa shape index (κ3) is 1.61. The van der Waals surface area contributed by atoms with E-state index in [4.69, 9.17) is 5.73 Å². The summed E-state index contributed by atoms with van der Waals surface area (Å²) in [4.78, 5) is 0. The van der Waals surface area contributed by atoms with Crippen molar-refractivity contribution in [3.05, 3.63) is 42.1 Å². The highest BCUT2D eigenvalue weighted by atomic mass is 14.5. The van der Waals surface area contributed by atoms with Gasteiger partial charge in [0.1, 0.15) is 0 Å². The van der Waals surface area contributed by atoms with Crippen LogP contribution in [-0.2, 0) is 0 Å². The summed E-state index contributed by atoms with van der Waals surface area (Å²) in [5, 5.41) is 0. The Bertz CT molecular complexity index is 189. The number of hydrogen-bond acceptors (Lipinski definition) is 1. The molecule has 0 bridgehead atoms. The Kier molecular flexibility index (Phi) is 1.91. The summed E-state index contributed by atoms with van der Waals surface area (Å²) in [6, 6.07) is 9.95. The highest BCUT2D eigenvalue weighted by Crippen LogP contribution is 1.98. The molecule has 1 aromatic rings. The number of hydrogen-bond donors (Lipinski definition) is 1. The molecular formula is C8H9N. The Hall–Kier alpha value is -1.24. The Morgan fingerprint density at radius 3 is 2.33 bits per heavy atom. The van der Waals surface area contributed by atoms with E-state index in [1.165, 1.54) is 6.20 Å². The van der Waals surface area contributed by atoms with Gasteiger partial charge in [-0.3, -0.25) is 0 Å². The monoisotopic (exact) mass is 119 g/mol. The Morgan fingerprint density at radius 1 is 1.11 bits per heavy atom. The van der Waals surface area contributed by atoms with E-state index in [1.807, 2.05) is 36.4 Å². The predicted molar refractivity (Wildman–Crippen MR) is 39.7 cm³/mol. The van der Waals surface area contributed by atoms with E-state index in [1.54, 1.807) is 0 Å². The van der Waals surface area contributed by atoms with Crippen LogP contribution >= 0.6 is 0 Å². The van der Waals surface area contributed by atoms with Crippen LogP contribution in [-0.4, -0.2) is 0 Å². The van der Waals surface area contributed by atoms with Gasteiger partial charge < -0.3 is 5.73 Å². The van der Waals surface area contributed by atoms with Crippen LogP contribution in [0.3, 0.4) is 0 Å². The van der Waals surface area contributed by atoms with Gasteiger partial charge in [-0.15, -0.1) is 0 Å². The molecule has 0 amide bonds. The van der Waals surface area contributed by atoms with Crippen molar-refractivity contribution in [2.75, 3.05) is 0 Å². The van der Waals surface area contributed by atoms with Crippen molar-refractivity contribution in [2.24, 2.45) is 5.73 Å². The first-order valence-corrected chi connectivity index (χ1v) is 2.87. The maximum Gasteiger partial charge on any atom is -0.00564 e. The van der Waals surface area contributed by atoms with Crippen molar-refractivity contribution < 1.29 is 0 Å². The molecule has 2 N–H and O–H groups in total. The van der Waals surface area contributed by atoms with Crippen molar-refractivity contribution in [2.45, 2.75) is 0 Å². The zero-order valence-electron chi connectivity index (χ0n) is 5.12. The first-order valence-electron chi connectivity index (χ1n) is 2.87. The van der Waals surface area contributed by atoms with E-state index >= 15 is 0 Å². The minimum absolute atomic E-state index is 1.14. The van der Waals surface area contributed by atoms with Crippen LogP contribution < -0.4 is 5.73 Å². The Labute approximate surface area is 54.8 Å². The highest BCUT2D eigenvalue weighted by Gasteiger charge is 1.77. The first-order chi connectivity index (χ1) is 4.43. The van der Waals surface area contributed by atoms with E-state index in [-0.39, 0.29) is 0 Å². The van der Waals surface area contributed by atoms with Gasteiger partial charge in [-0.2, -0.15) is 0 Å². The lowest BCUT2D eigenvalue weighted by atomic mass is 10.2. The van der Waals surface area contributed by atoms with Crippen LogP contribution in [0.25, 0.3) is 6.08 Å². The average molecular weight is 119 g/mol. The summed E-state index contributed by atoms with van der Waals surface area (Å²) >= 11 is 0. The lowest BCUT2D eigenvalue weighted by Crippen LogP contribution is -1.75. The molecule has 0 unspecified atom stereocenters. The molecule has 9 heavy (non-hydrogen) atoms. The summed E-state index contributed by atoms with van der Waals surface area (Å²) in [6.45, 7) is 0. The maximum absolute atomic E-state index is 5.18. The first kappa shape index (κ1) is 5.89. The van der Waals surface area contributed by atoms with Gasteiger partial charge in [-0.05, 0) is 17.8 Å². The minimum Gasteiger partial charge on any atom is -0.405 e. The molecule has 0 saturated carbocycles. The van der Waals surface area contributed by atoms with Gasteiger partial charge in [0.2, 0.25) is 0 Å². The van der Waals surface area contributed by atoms with Crippen molar-refractivity contribution in [1.82, 2.24) is 0 Å². The van der Waals surface area contributed by atoms with Crippen molar-refractivity contribution >= 4 is 6.08 Å². The molecule has 1 rings (SSSR count). The van der Waals surface area contributed by atoms with Gasteiger partial charge in [-0.1, -0.05) is 30.3 Å². The van der Waals surface area contributed by atoms with Gasteiger partial charge in [0, 0.05) is 0 Å². The quantitative estimate of drug-likeness (QED) is 0.597. The summed E-state index contributed by atoms with van der Waals surface area (Å²) in [5.41, 5.74) is 6.32. The minimum atomic E-state index is 1.14. The molecule has 0 aliphatic rings. The molecule has 0 heterocycles. The maximum atomic E-state index is 5.18. The fourth-order valence-corrected chi connectivity index (χ4v) is 0.675. The molecule has 0 saturated heterocycles. The number of nitrogens with two attached hydrogens (primary N) is 1. The zero-order chi connectivity index (χ0) is 6.53. The second-order valence-corrected chi connectivity index (χ2v) is 1.77. The molecule has 1 nitrogen and oxygen atoms in total. The van der Waals surface area contributed by atoms with Crippen LogP contribution in [0.4, 0.5) is 0 Å². The van der Waals surface area contributed by atoms with E-state index in [0.717, 1.165) is 5.56 Å². The molecule has 0 spiro atoms. The van der Waals surface area contributed by atoms with Gasteiger partial charge in [0.05, 0.1) is 0 Å². The van der Waals surface area contributed by atoms with Gasteiger partial charge in [0.25, 0.3) is 0 Å². The lowest BCUT2D eigenvalue weighted by molar-refractivity contribution is 1.60. The third-order valence-corrected chi connectivity index (χ3v) is 1.09. The predicted octanol–water partition coefficient (Wildman–Crippen LogP) is 1.62. The molecule has 0 atom stereocenters. The SMILES string of the molecule is N/C=C\c1ccccc1. The van der Waals surface area contributed by atoms with E-state index in [9.17, 15) is 0 Å². The van der Waals surface area contributed by atoms with Crippen molar-refractivity contribution in [3.8, 4) is 0 Å². The number of rotatable bonds is 1. The van der Waals surface area contributed by atoms with Crippen LogP contribution in [0.15, 0.2) is 36.5 Å². The van der Waals surface area contributed by atoms with Crippen LogP contribution in [0, 0.1) is 0 Å². The molecule has 0 aromatic heterocycles. The third-order valence-electron chi connectivity index (χ3n) is 1.09. The van der Waals surface area contributed by atoms with Gasteiger partial charge in [-0.25, -0.2) is 0 Å². The second-order valence-electron chi connectivity index (χ2n) is 1.77. The average Bonchev–Trinajstić information content (AvgIpc) is 1.91. The van der Waals surface area contributed by atoms with Crippen molar-refractivity contribution in [1.29, 1.82) is 0 Å². The van der Waals surface area contributed by atoms with Crippen molar-refractivity contribution in [3.63, 3.8) is 0 Å². The Balaban J connectivity index is 2.85. The smallest absolute Gasteiger partial charge is 0.00564 e. The summed E-state index contributed by atoms with van der Waals surface area (Å²) in [6.07, 6.45) is 3.40. The van der Waals surface area contributed by atoms with E-state index in [0.29, 0.717) is 0 Å².